The van der Waals surface area contributed by atoms with Crippen molar-refractivity contribution in [3.05, 3.63) is 132 Å². The molecule has 1 N–H and O–H groups in total. The summed E-state index contributed by atoms with van der Waals surface area (Å²) in [6.07, 6.45) is 0. The van der Waals surface area contributed by atoms with E-state index in [9.17, 15) is 9.59 Å². The van der Waals surface area contributed by atoms with Crippen molar-refractivity contribution in [2.24, 2.45) is 0 Å². The molecule has 0 spiro atoms. The number of anilines is 1. The van der Waals surface area contributed by atoms with Gasteiger partial charge in [-0.15, -0.1) is 0 Å². The number of carbonyl (C=O) groups is 2. The fourth-order valence-electron chi connectivity index (χ4n) is 3.94. The van der Waals surface area contributed by atoms with Crippen LogP contribution in [0, 0.1) is 0 Å². The van der Waals surface area contributed by atoms with Crippen molar-refractivity contribution < 1.29 is 9.59 Å². The van der Waals surface area contributed by atoms with Crippen LogP contribution < -0.4 is 5.32 Å². The summed E-state index contributed by atoms with van der Waals surface area (Å²) >= 11 is 1.15. The molecule has 0 radical (unpaired) electrons. The summed E-state index contributed by atoms with van der Waals surface area (Å²) in [5.74, 6) is -0.175. The zero-order chi connectivity index (χ0) is 22.4. The molecule has 158 valence electrons. The highest BCUT2D eigenvalue weighted by Crippen LogP contribution is 2.45. The van der Waals surface area contributed by atoms with Crippen LogP contribution in [0.25, 0.3) is 0 Å². The smallest absolute Gasteiger partial charge is 0.221 e. The third-order valence-corrected chi connectivity index (χ3v) is 6.39. The fourth-order valence-corrected chi connectivity index (χ4v) is 5.03. The van der Waals surface area contributed by atoms with Crippen molar-refractivity contribution in [2.75, 3.05) is 5.32 Å². The molecule has 0 aliphatic rings. The number of thioether (sulfide) groups is 1. The molecule has 0 fully saturated rings. The van der Waals surface area contributed by atoms with Crippen molar-refractivity contribution in [3.63, 3.8) is 0 Å². The van der Waals surface area contributed by atoms with Gasteiger partial charge in [0.25, 0.3) is 0 Å². The Labute approximate surface area is 192 Å². The molecule has 0 bridgehead atoms. The normalized spacial score (nSPS) is 11.0. The Morgan fingerprint density at radius 1 is 0.625 bits per heavy atom. The van der Waals surface area contributed by atoms with Crippen LogP contribution in [0.4, 0.5) is 5.69 Å². The van der Waals surface area contributed by atoms with Gasteiger partial charge in [-0.3, -0.25) is 9.59 Å². The number of amides is 1. The highest BCUT2D eigenvalue weighted by atomic mass is 32.2. The molecule has 0 saturated carbocycles. The van der Waals surface area contributed by atoms with E-state index in [2.05, 4.69) is 5.32 Å². The molecule has 3 nitrogen and oxygen atoms in total. The third-order valence-electron chi connectivity index (χ3n) is 5.33. The topological polar surface area (TPSA) is 46.2 Å². The van der Waals surface area contributed by atoms with Crippen LogP contribution >= 0.6 is 11.8 Å². The van der Waals surface area contributed by atoms with E-state index in [-0.39, 0.29) is 11.0 Å². The minimum Gasteiger partial charge on any atom is -0.325 e. The number of para-hydroxylation sites is 1. The van der Waals surface area contributed by atoms with E-state index in [1.807, 2.05) is 115 Å². The molecule has 0 heterocycles. The minimum atomic E-state index is -1.02. The van der Waals surface area contributed by atoms with Crippen molar-refractivity contribution in [1.29, 1.82) is 0 Å². The molecule has 4 rings (SSSR count). The first-order chi connectivity index (χ1) is 15.6. The number of benzene rings is 4. The van der Waals surface area contributed by atoms with E-state index in [1.165, 1.54) is 6.92 Å². The lowest BCUT2D eigenvalue weighted by Crippen LogP contribution is -2.37. The molecule has 0 aromatic heterocycles. The van der Waals surface area contributed by atoms with Crippen LogP contribution in [-0.4, -0.2) is 11.0 Å². The summed E-state index contributed by atoms with van der Waals surface area (Å²) in [7, 11) is 0. The summed E-state index contributed by atoms with van der Waals surface area (Å²) in [5, 5.41) is 2.79. The maximum Gasteiger partial charge on any atom is 0.221 e. The lowest BCUT2D eigenvalue weighted by molar-refractivity contribution is -0.114. The summed E-state index contributed by atoms with van der Waals surface area (Å²) in [6, 6.07) is 37.0. The highest BCUT2D eigenvalue weighted by Gasteiger charge is 2.44. The molecule has 32 heavy (non-hydrogen) atoms. The van der Waals surface area contributed by atoms with Gasteiger partial charge in [0.05, 0.1) is 5.69 Å². The summed E-state index contributed by atoms with van der Waals surface area (Å²) in [4.78, 5) is 26.7. The molecule has 4 aromatic rings. The van der Waals surface area contributed by atoms with Gasteiger partial charge < -0.3 is 5.32 Å². The van der Waals surface area contributed by atoms with Gasteiger partial charge in [0.15, 0.2) is 0 Å². The molecule has 0 saturated heterocycles. The lowest BCUT2D eigenvalue weighted by Gasteiger charge is -2.34. The zero-order valence-corrected chi connectivity index (χ0v) is 18.5. The standard InChI is InChI=1S/C28H23NO2S/c1-21(30)29-25-19-11-12-20-26(25)32-27(31)28(22-13-5-2-6-14-22,23-15-7-3-8-16-23)24-17-9-4-10-18-24/h2-20H,1H3,(H,29,30). The second-order valence-electron chi connectivity index (χ2n) is 7.41. The quantitative estimate of drug-likeness (QED) is 0.284. The average Bonchev–Trinajstić information content (AvgIpc) is 2.83. The molecule has 0 atom stereocenters. The Balaban J connectivity index is 1.93. The second kappa shape index (κ2) is 9.67. The number of nitrogens with one attached hydrogen (secondary N) is 1. The summed E-state index contributed by atoms with van der Waals surface area (Å²) in [5.41, 5.74) is 2.30. The second-order valence-corrected chi connectivity index (χ2v) is 8.43. The average molecular weight is 438 g/mol. The van der Waals surface area contributed by atoms with Crippen molar-refractivity contribution in [1.82, 2.24) is 0 Å². The van der Waals surface area contributed by atoms with Crippen LogP contribution in [0.3, 0.4) is 0 Å². The zero-order valence-electron chi connectivity index (χ0n) is 17.7. The number of rotatable bonds is 6. The Morgan fingerprint density at radius 2 is 1.03 bits per heavy atom. The van der Waals surface area contributed by atoms with Gasteiger partial charge in [-0.2, -0.15) is 0 Å². The maximum atomic E-state index is 14.3. The lowest BCUT2D eigenvalue weighted by atomic mass is 9.70. The van der Waals surface area contributed by atoms with Crippen LogP contribution in [0.1, 0.15) is 23.6 Å². The van der Waals surface area contributed by atoms with Crippen LogP contribution in [0.2, 0.25) is 0 Å². The molecular weight excluding hydrogens is 414 g/mol. The van der Waals surface area contributed by atoms with E-state index in [0.717, 1.165) is 28.5 Å². The third kappa shape index (κ3) is 4.23. The molecule has 4 heteroatoms. The van der Waals surface area contributed by atoms with Crippen molar-refractivity contribution in [3.8, 4) is 0 Å². The van der Waals surface area contributed by atoms with E-state index < -0.39 is 5.41 Å². The number of hydrogen-bond donors (Lipinski definition) is 1. The van der Waals surface area contributed by atoms with Crippen LogP contribution in [-0.2, 0) is 15.0 Å². The Bertz CT molecular complexity index is 1110. The predicted molar refractivity (Wildman–Crippen MR) is 131 cm³/mol. The molecule has 0 unspecified atom stereocenters. The predicted octanol–water partition coefficient (Wildman–Crippen LogP) is 6.30. The van der Waals surface area contributed by atoms with Gasteiger partial charge in [-0.05, 0) is 40.6 Å². The summed E-state index contributed by atoms with van der Waals surface area (Å²) in [6.45, 7) is 1.46. The maximum absolute atomic E-state index is 14.3. The van der Waals surface area contributed by atoms with E-state index in [0.29, 0.717) is 10.6 Å². The molecule has 0 aliphatic carbocycles. The van der Waals surface area contributed by atoms with Crippen LogP contribution in [0.15, 0.2) is 120 Å². The molecule has 4 aromatic carbocycles. The largest absolute Gasteiger partial charge is 0.325 e. The Hall–Kier alpha value is -3.63. The van der Waals surface area contributed by atoms with Gasteiger partial charge in [0.2, 0.25) is 11.0 Å². The van der Waals surface area contributed by atoms with E-state index in [1.54, 1.807) is 0 Å². The molecule has 1 amide bonds. The first kappa shape index (κ1) is 21.6. The minimum absolute atomic E-state index is 0.0427. The van der Waals surface area contributed by atoms with Gasteiger partial charge in [-0.25, -0.2) is 0 Å². The van der Waals surface area contributed by atoms with Crippen molar-refractivity contribution in [2.45, 2.75) is 17.2 Å². The van der Waals surface area contributed by atoms with Gasteiger partial charge in [0, 0.05) is 11.8 Å². The monoisotopic (exact) mass is 437 g/mol. The Kier molecular flexibility index (Phi) is 6.52. The Morgan fingerprint density at radius 3 is 1.47 bits per heavy atom. The first-order valence-corrected chi connectivity index (χ1v) is 11.2. The van der Waals surface area contributed by atoms with Gasteiger partial charge in [0.1, 0.15) is 5.41 Å². The molecule has 0 aliphatic heterocycles. The number of hydrogen-bond acceptors (Lipinski definition) is 3. The van der Waals surface area contributed by atoms with E-state index in [4.69, 9.17) is 0 Å². The van der Waals surface area contributed by atoms with Crippen molar-refractivity contribution >= 4 is 28.5 Å². The van der Waals surface area contributed by atoms with E-state index >= 15 is 0 Å². The van der Waals surface area contributed by atoms with Crippen LogP contribution in [0.5, 0.6) is 0 Å². The molecular formula is C28H23NO2S. The first-order valence-electron chi connectivity index (χ1n) is 10.4. The summed E-state index contributed by atoms with van der Waals surface area (Å²) < 4.78 is 0. The number of carbonyl (C=O) groups excluding carboxylic acids is 2. The SMILES string of the molecule is CC(=O)Nc1ccccc1SC(=O)C(c1ccccc1)(c1ccccc1)c1ccccc1. The van der Waals surface area contributed by atoms with Gasteiger partial charge in [-0.1, -0.05) is 103 Å². The fraction of sp³-hybridized carbons (Fsp3) is 0.0714. The highest BCUT2D eigenvalue weighted by molar-refractivity contribution is 8.14. The van der Waals surface area contributed by atoms with Gasteiger partial charge >= 0.3 is 0 Å².